The fourth-order valence-electron chi connectivity index (χ4n) is 0.603. The highest BCUT2D eigenvalue weighted by molar-refractivity contribution is 7.79. The Morgan fingerprint density at radius 2 is 1.62 bits per heavy atom. The Kier molecular flexibility index (Phi) is 9.75. The molecule has 0 unspecified atom stereocenters. The third-order valence-electron chi connectivity index (χ3n) is 1.02. The van der Waals surface area contributed by atoms with E-state index in [1.165, 1.54) is 0 Å². The van der Waals surface area contributed by atoms with E-state index in [1.54, 1.807) is 0 Å². The van der Waals surface area contributed by atoms with Crippen molar-refractivity contribution in [1.29, 1.82) is 0 Å². The number of hydrogen-bond acceptors (Lipinski definition) is 5. The Morgan fingerprint density at radius 3 is 2.00 bits per heavy atom. The molecule has 0 fully saturated rings. The normalized spacial score (nSPS) is 9.44. The first-order valence-electron chi connectivity index (χ1n) is 3.98. The fourth-order valence-corrected chi connectivity index (χ4v) is 0.603. The van der Waals surface area contributed by atoms with Gasteiger partial charge in [0.1, 0.15) is 0 Å². The Labute approximate surface area is 94.1 Å². The summed E-state index contributed by atoms with van der Waals surface area (Å²) in [6.45, 7) is 2.44. The summed E-state index contributed by atoms with van der Waals surface area (Å²) in [7, 11) is -4.67. The molecule has 1 rings (SSSR count). The van der Waals surface area contributed by atoms with E-state index in [0.29, 0.717) is 6.61 Å². The molecule has 0 amide bonds. The number of rotatable bonds is 3. The molecule has 0 heterocycles. The second kappa shape index (κ2) is 9.07. The molecule has 5 N–H and O–H groups in total. The highest BCUT2D eigenvalue weighted by Gasteiger charge is 1.87. The molecule has 0 spiro atoms. The van der Waals surface area contributed by atoms with Crippen molar-refractivity contribution in [2.45, 2.75) is 6.92 Å². The second-order valence-corrected chi connectivity index (χ2v) is 3.15. The number of para-hydroxylation sites is 1. The SMILES string of the molecule is CCOOc1ccccc1.N.O=S(=O)(O)O. The van der Waals surface area contributed by atoms with E-state index >= 15 is 0 Å². The molecule has 16 heavy (non-hydrogen) atoms. The topological polar surface area (TPSA) is 128 Å². The Morgan fingerprint density at radius 1 is 1.19 bits per heavy atom. The highest BCUT2D eigenvalue weighted by atomic mass is 32.3. The molecule has 0 radical (unpaired) electrons. The minimum absolute atomic E-state index is 0. The molecule has 0 aromatic heterocycles. The lowest BCUT2D eigenvalue weighted by atomic mass is 10.3. The van der Waals surface area contributed by atoms with Crippen molar-refractivity contribution in [1.82, 2.24) is 6.15 Å². The fraction of sp³-hybridized carbons (Fsp3) is 0.250. The van der Waals surface area contributed by atoms with Gasteiger partial charge in [-0.3, -0.25) is 9.11 Å². The van der Waals surface area contributed by atoms with Gasteiger partial charge in [-0.1, -0.05) is 18.2 Å². The summed E-state index contributed by atoms with van der Waals surface area (Å²) in [5.41, 5.74) is 0. The molecule has 7 nitrogen and oxygen atoms in total. The molecule has 0 saturated heterocycles. The van der Waals surface area contributed by atoms with E-state index in [9.17, 15) is 0 Å². The molecular weight excluding hydrogens is 238 g/mol. The van der Waals surface area contributed by atoms with Crippen LogP contribution in [0.1, 0.15) is 6.92 Å². The van der Waals surface area contributed by atoms with Gasteiger partial charge in [-0.2, -0.15) is 13.3 Å². The van der Waals surface area contributed by atoms with Crippen molar-refractivity contribution >= 4 is 10.4 Å². The molecule has 0 atom stereocenters. The second-order valence-electron chi connectivity index (χ2n) is 2.25. The van der Waals surface area contributed by atoms with Crippen molar-refractivity contribution in [2.24, 2.45) is 0 Å². The van der Waals surface area contributed by atoms with E-state index in [-0.39, 0.29) is 6.15 Å². The van der Waals surface area contributed by atoms with Gasteiger partial charge in [-0.05, 0) is 19.1 Å². The zero-order chi connectivity index (χ0) is 11.7. The summed E-state index contributed by atoms with van der Waals surface area (Å²) in [4.78, 5) is 9.57. The summed E-state index contributed by atoms with van der Waals surface area (Å²) in [6, 6.07) is 9.41. The highest BCUT2D eigenvalue weighted by Crippen LogP contribution is 2.07. The molecule has 8 heteroatoms. The van der Waals surface area contributed by atoms with E-state index in [0.717, 1.165) is 5.75 Å². The molecule has 0 bridgehead atoms. The molecule has 1 aromatic carbocycles. The van der Waals surface area contributed by atoms with Crippen LogP contribution in [0.5, 0.6) is 5.75 Å². The minimum atomic E-state index is -4.67. The monoisotopic (exact) mass is 253 g/mol. The lowest BCUT2D eigenvalue weighted by Crippen LogP contribution is -1.94. The predicted molar refractivity (Wildman–Crippen MR) is 57.9 cm³/mol. The first-order chi connectivity index (χ1) is 6.93. The summed E-state index contributed by atoms with van der Waals surface area (Å²) >= 11 is 0. The van der Waals surface area contributed by atoms with Gasteiger partial charge in [-0.25, -0.2) is 0 Å². The van der Waals surface area contributed by atoms with Crippen LogP contribution in [0.25, 0.3) is 0 Å². The lowest BCUT2D eigenvalue weighted by Gasteiger charge is -2.00. The quantitative estimate of drug-likeness (QED) is 0.423. The predicted octanol–water partition coefficient (Wildman–Crippen LogP) is 1.53. The third kappa shape index (κ3) is 15.3. The van der Waals surface area contributed by atoms with Crippen LogP contribution in [0, 0.1) is 0 Å². The Bertz CT molecular complexity index is 344. The van der Waals surface area contributed by atoms with Crippen molar-refractivity contribution in [2.75, 3.05) is 6.61 Å². The zero-order valence-corrected chi connectivity index (χ0v) is 9.55. The molecular formula is C8H15NO6S. The maximum Gasteiger partial charge on any atom is 0.394 e. The average molecular weight is 253 g/mol. The van der Waals surface area contributed by atoms with Crippen molar-refractivity contribution in [3.63, 3.8) is 0 Å². The van der Waals surface area contributed by atoms with Gasteiger partial charge in [0.05, 0.1) is 6.61 Å². The molecule has 94 valence electrons. The van der Waals surface area contributed by atoms with Gasteiger partial charge in [-0.15, -0.1) is 0 Å². The van der Waals surface area contributed by atoms with Crippen LogP contribution in [-0.2, 0) is 15.3 Å². The third-order valence-corrected chi connectivity index (χ3v) is 1.02. The molecule has 0 saturated carbocycles. The van der Waals surface area contributed by atoms with E-state index < -0.39 is 10.4 Å². The van der Waals surface area contributed by atoms with Crippen molar-refractivity contribution in [3.05, 3.63) is 30.3 Å². The molecule has 0 aliphatic rings. The summed E-state index contributed by atoms with van der Waals surface area (Å²) in [6.07, 6.45) is 0. The number of benzene rings is 1. The number of hydrogen-bond donors (Lipinski definition) is 3. The maximum atomic E-state index is 8.74. The lowest BCUT2D eigenvalue weighted by molar-refractivity contribution is -0.202. The van der Waals surface area contributed by atoms with Gasteiger partial charge in [0.2, 0.25) is 0 Å². The first kappa shape index (κ1) is 17.2. The maximum absolute atomic E-state index is 8.74. The standard InChI is InChI=1S/C8H10O2.H3N.H2O4S/c1-2-9-10-8-6-4-3-5-7-8;;1-5(2,3)4/h3-7H,2H2,1H3;1H3;(H2,1,2,3,4). The molecule has 0 aliphatic carbocycles. The largest absolute Gasteiger partial charge is 0.394 e. The van der Waals surface area contributed by atoms with Crippen LogP contribution in [0.3, 0.4) is 0 Å². The van der Waals surface area contributed by atoms with Crippen LogP contribution in [-0.4, -0.2) is 24.1 Å². The van der Waals surface area contributed by atoms with Crippen molar-refractivity contribution < 1.29 is 27.3 Å². The summed E-state index contributed by atoms with van der Waals surface area (Å²) < 4.78 is 31.6. The first-order valence-corrected chi connectivity index (χ1v) is 5.37. The molecule has 1 aromatic rings. The van der Waals surface area contributed by atoms with Gasteiger partial charge < -0.3 is 11.0 Å². The van der Waals surface area contributed by atoms with Crippen LogP contribution in [0.2, 0.25) is 0 Å². The van der Waals surface area contributed by atoms with Crippen molar-refractivity contribution in [3.8, 4) is 5.75 Å². The van der Waals surface area contributed by atoms with Gasteiger partial charge in [0, 0.05) is 0 Å². The Hall–Kier alpha value is -1.19. The van der Waals surface area contributed by atoms with E-state index in [4.69, 9.17) is 27.3 Å². The minimum Gasteiger partial charge on any atom is -0.344 e. The van der Waals surface area contributed by atoms with Gasteiger partial charge in [0.15, 0.2) is 5.75 Å². The smallest absolute Gasteiger partial charge is 0.344 e. The van der Waals surface area contributed by atoms with Crippen LogP contribution in [0.15, 0.2) is 30.3 Å². The van der Waals surface area contributed by atoms with Crippen LogP contribution >= 0.6 is 0 Å². The van der Waals surface area contributed by atoms with Crippen LogP contribution < -0.4 is 11.0 Å². The van der Waals surface area contributed by atoms with Crippen LogP contribution in [0.4, 0.5) is 0 Å². The summed E-state index contributed by atoms with van der Waals surface area (Å²) in [5.74, 6) is 0.740. The zero-order valence-electron chi connectivity index (χ0n) is 8.74. The summed E-state index contributed by atoms with van der Waals surface area (Å²) in [5, 5.41) is 0. The van der Waals surface area contributed by atoms with E-state index in [2.05, 4.69) is 0 Å². The van der Waals surface area contributed by atoms with Gasteiger partial charge in [0.25, 0.3) is 0 Å². The van der Waals surface area contributed by atoms with Gasteiger partial charge >= 0.3 is 10.4 Å². The Balaban J connectivity index is 0. The molecule has 0 aliphatic heterocycles. The average Bonchev–Trinajstić information content (AvgIpc) is 2.14. The van der Waals surface area contributed by atoms with E-state index in [1.807, 2.05) is 37.3 Å².